The van der Waals surface area contributed by atoms with E-state index >= 15 is 0 Å². The molecule has 3 aliphatic rings. The van der Waals surface area contributed by atoms with Crippen molar-refractivity contribution in [3.05, 3.63) is 191 Å². The van der Waals surface area contributed by atoms with Gasteiger partial charge in [-0.3, -0.25) is 0 Å². The number of ether oxygens (including phenoxy) is 2. The maximum Gasteiger partial charge on any atom is 0.131 e. The summed E-state index contributed by atoms with van der Waals surface area (Å²) < 4.78 is 12.0. The zero-order valence-electron chi connectivity index (χ0n) is 25.7. The van der Waals surface area contributed by atoms with Crippen LogP contribution in [-0.2, 0) is 9.47 Å². The molecule has 0 aromatic rings. The molecule has 3 heterocycles. The van der Waals surface area contributed by atoms with E-state index in [1.807, 2.05) is 78.9 Å². The van der Waals surface area contributed by atoms with Crippen molar-refractivity contribution in [3.63, 3.8) is 0 Å². The summed E-state index contributed by atoms with van der Waals surface area (Å²) in [7, 11) is 0. The van der Waals surface area contributed by atoms with Crippen LogP contribution in [0.4, 0.5) is 0 Å². The summed E-state index contributed by atoms with van der Waals surface area (Å²) in [5.41, 5.74) is 7.86. The highest BCUT2D eigenvalue weighted by Gasteiger charge is 2.09. The summed E-state index contributed by atoms with van der Waals surface area (Å²) in [6.07, 6.45) is 47.0. The van der Waals surface area contributed by atoms with Crippen LogP contribution in [0.2, 0.25) is 0 Å². The molecule has 0 amide bonds. The van der Waals surface area contributed by atoms with Crippen molar-refractivity contribution in [3.8, 4) is 0 Å². The largest absolute Gasteiger partial charge is 0.495 e. The van der Waals surface area contributed by atoms with Crippen molar-refractivity contribution >= 4 is 0 Å². The first-order valence-corrected chi connectivity index (χ1v) is 14.3. The lowest BCUT2D eigenvalue weighted by molar-refractivity contribution is 0.281. The van der Waals surface area contributed by atoms with Gasteiger partial charge in [0.2, 0.25) is 0 Å². The molecule has 216 valence electrons. The van der Waals surface area contributed by atoms with Crippen LogP contribution in [0.5, 0.6) is 0 Å². The molecule has 0 radical (unpaired) electrons. The van der Waals surface area contributed by atoms with Crippen molar-refractivity contribution in [2.24, 2.45) is 0 Å². The molecule has 0 aromatic carbocycles. The highest BCUT2D eigenvalue weighted by atomic mass is 16.5. The van der Waals surface area contributed by atoms with Gasteiger partial charge in [-0.05, 0) is 83.6 Å². The van der Waals surface area contributed by atoms with Gasteiger partial charge in [0.15, 0.2) is 0 Å². The van der Waals surface area contributed by atoms with E-state index in [0.717, 1.165) is 28.4 Å². The minimum absolute atomic E-state index is 0.479. The van der Waals surface area contributed by atoms with E-state index in [4.69, 9.17) is 9.47 Å². The van der Waals surface area contributed by atoms with Crippen LogP contribution in [0.25, 0.3) is 0 Å². The summed E-state index contributed by atoms with van der Waals surface area (Å²) in [5, 5.41) is 0. The van der Waals surface area contributed by atoms with Gasteiger partial charge in [-0.25, -0.2) is 0 Å². The first-order chi connectivity index (χ1) is 20.3. The average molecular weight is 558 g/mol. The summed E-state index contributed by atoms with van der Waals surface area (Å²) in [6.45, 7) is 13.0. The molecule has 0 saturated heterocycles. The van der Waals surface area contributed by atoms with Gasteiger partial charge < -0.3 is 14.4 Å². The fourth-order valence-electron chi connectivity index (χ4n) is 4.07. The Morgan fingerprint density at radius 2 is 1.26 bits per heavy atom. The van der Waals surface area contributed by atoms with E-state index in [0.29, 0.717) is 6.61 Å². The molecule has 42 heavy (non-hydrogen) atoms. The first kappa shape index (κ1) is 31.8. The van der Waals surface area contributed by atoms with Gasteiger partial charge >= 0.3 is 0 Å². The molecule has 0 atom stereocenters. The zero-order chi connectivity index (χ0) is 30.2. The first-order valence-electron chi connectivity index (χ1n) is 14.3. The summed E-state index contributed by atoms with van der Waals surface area (Å²) in [5.74, 6) is 1.59. The lowest BCUT2D eigenvalue weighted by Gasteiger charge is -2.20. The topological polar surface area (TPSA) is 21.7 Å². The van der Waals surface area contributed by atoms with Gasteiger partial charge in [0.25, 0.3) is 0 Å². The minimum Gasteiger partial charge on any atom is -0.495 e. The quantitative estimate of drug-likeness (QED) is 0.296. The summed E-state index contributed by atoms with van der Waals surface area (Å²) >= 11 is 0. The molecule has 0 spiro atoms. The monoisotopic (exact) mass is 557 g/mol. The van der Waals surface area contributed by atoms with Crippen molar-refractivity contribution in [1.29, 1.82) is 0 Å². The minimum atomic E-state index is 0.479. The third-order valence-corrected chi connectivity index (χ3v) is 6.28. The van der Waals surface area contributed by atoms with Crippen molar-refractivity contribution < 1.29 is 9.47 Å². The average Bonchev–Trinajstić information content (AvgIpc) is 2.95. The van der Waals surface area contributed by atoms with Gasteiger partial charge in [0.1, 0.15) is 24.4 Å². The Kier molecular flexibility index (Phi) is 13.0. The third kappa shape index (κ3) is 11.8. The highest BCUT2D eigenvalue weighted by molar-refractivity contribution is 5.40. The van der Waals surface area contributed by atoms with E-state index in [9.17, 15) is 0 Å². The summed E-state index contributed by atoms with van der Waals surface area (Å²) in [4.78, 5) is 2.01. The fraction of sp³-hybridized carbons (Fsp3) is 0.179. The number of nitrogens with zero attached hydrogens (tertiary/aromatic N) is 1. The molecule has 0 fully saturated rings. The number of rotatable bonds is 0. The van der Waals surface area contributed by atoms with E-state index in [1.54, 1.807) is 6.26 Å². The van der Waals surface area contributed by atoms with Crippen LogP contribution in [0.3, 0.4) is 0 Å². The third-order valence-electron chi connectivity index (χ3n) is 6.28. The molecule has 0 saturated carbocycles. The van der Waals surface area contributed by atoms with Crippen molar-refractivity contribution in [2.45, 2.75) is 41.5 Å². The maximum atomic E-state index is 6.18. The molecular weight excluding hydrogens is 514 g/mol. The van der Waals surface area contributed by atoms with Crippen LogP contribution in [0.1, 0.15) is 41.5 Å². The van der Waals surface area contributed by atoms with Gasteiger partial charge in [-0.1, -0.05) is 113 Å². The van der Waals surface area contributed by atoms with E-state index < -0.39 is 0 Å². The Balaban J connectivity index is 1.86. The zero-order valence-corrected chi connectivity index (χ0v) is 25.7. The molecule has 3 nitrogen and oxygen atoms in total. The van der Waals surface area contributed by atoms with Crippen LogP contribution in [-0.4, -0.2) is 11.5 Å². The van der Waals surface area contributed by atoms with E-state index in [2.05, 4.69) is 101 Å². The Hall–Kier alpha value is -4.76. The second kappa shape index (κ2) is 17.1. The second-order valence-corrected chi connectivity index (χ2v) is 10.4. The lowest BCUT2D eigenvalue weighted by atomic mass is 10.1. The molecule has 3 heteroatoms. The molecule has 0 aliphatic carbocycles. The fourth-order valence-corrected chi connectivity index (χ4v) is 4.07. The van der Waals surface area contributed by atoms with Crippen LogP contribution in [0.15, 0.2) is 191 Å². The van der Waals surface area contributed by atoms with Crippen LogP contribution >= 0.6 is 0 Å². The number of hydrogen-bond acceptors (Lipinski definition) is 3. The predicted molar refractivity (Wildman–Crippen MR) is 180 cm³/mol. The maximum absolute atomic E-state index is 6.18. The summed E-state index contributed by atoms with van der Waals surface area (Å²) in [6, 6.07) is 0. The van der Waals surface area contributed by atoms with Gasteiger partial charge in [-0.15, -0.1) is 0 Å². The van der Waals surface area contributed by atoms with E-state index in [-0.39, 0.29) is 0 Å². The standard InChI is InChI=1S/C39H43NO2/c1-31-14-8-7-9-15-32(2)28-33(3)16-12-17-34(4)29-35(5)18-13-27-41-30-37-19-10-11-25-40(37)26-24-39-36(6)21-23-38(42-39)22-20-31/h7-26,28-30H,27H2,1-6H3. The molecule has 2 bridgehead atoms. The smallest absolute Gasteiger partial charge is 0.131 e. The predicted octanol–water partition coefficient (Wildman–Crippen LogP) is 10.5. The Morgan fingerprint density at radius 1 is 0.548 bits per heavy atom. The van der Waals surface area contributed by atoms with Gasteiger partial charge in [0.05, 0.1) is 5.70 Å². The number of allylic oxidation sites excluding steroid dienone is 25. The van der Waals surface area contributed by atoms with E-state index in [1.165, 1.54) is 22.3 Å². The molecule has 0 aromatic heterocycles. The Labute approximate surface area is 253 Å². The number of fused-ring (bicyclic) bond motifs is 3. The second-order valence-electron chi connectivity index (χ2n) is 10.4. The van der Waals surface area contributed by atoms with Gasteiger partial charge in [0, 0.05) is 12.4 Å². The highest BCUT2D eigenvalue weighted by Crippen LogP contribution is 2.23. The van der Waals surface area contributed by atoms with Crippen molar-refractivity contribution in [1.82, 2.24) is 4.90 Å². The van der Waals surface area contributed by atoms with Crippen LogP contribution in [0, 0.1) is 0 Å². The van der Waals surface area contributed by atoms with Gasteiger partial charge in [-0.2, -0.15) is 0 Å². The molecule has 3 aliphatic heterocycles. The molecular formula is C39H43NO2. The lowest BCUT2D eigenvalue weighted by Crippen LogP contribution is -2.10. The normalized spacial score (nSPS) is 19.1. The Bertz CT molecular complexity index is 1480. The SMILES string of the molecule is CC1=CC=C2C=CC(C)=C(C=CN3C=CC=CC3=COCC=CC(C)=CC(C)=CC=CC(C)=CC(C)=CC=CC=C1)O2. The molecule has 3 rings (SSSR count). The van der Waals surface area contributed by atoms with Crippen LogP contribution < -0.4 is 0 Å². The van der Waals surface area contributed by atoms with Crippen molar-refractivity contribution in [2.75, 3.05) is 6.61 Å². The molecule has 0 unspecified atom stereocenters. The number of hydrogen-bond donors (Lipinski definition) is 0. The molecule has 0 N–H and O–H groups in total. The Morgan fingerprint density at radius 3 is 2.07 bits per heavy atom.